The van der Waals surface area contributed by atoms with E-state index in [4.69, 9.17) is 9.47 Å². The van der Waals surface area contributed by atoms with Crippen LogP contribution in [0.2, 0.25) is 0 Å². The number of carbonyl (C=O) groups excluding carboxylic acids is 1. The number of rotatable bonds is 6. The molecular formula is C21H20F3N5O3. The predicted octanol–water partition coefficient (Wildman–Crippen LogP) is 3.72. The van der Waals surface area contributed by atoms with Crippen LogP contribution in [0.5, 0.6) is 11.6 Å². The lowest BCUT2D eigenvalue weighted by molar-refractivity contribution is -0.173. The molecule has 0 fully saturated rings. The van der Waals surface area contributed by atoms with Crippen molar-refractivity contribution in [2.45, 2.75) is 26.2 Å². The lowest BCUT2D eigenvalue weighted by Gasteiger charge is -2.15. The average molecular weight is 447 g/mol. The Balaban J connectivity index is 1.56. The maximum Gasteiger partial charge on any atom is 0.393 e. The number of ether oxygens (including phenoxy) is 2. The van der Waals surface area contributed by atoms with Crippen LogP contribution in [0.1, 0.15) is 23.0 Å². The van der Waals surface area contributed by atoms with E-state index in [1.54, 1.807) is 24.4 Å². The number of alkyl halides is 3. The predicted molar refractivity (Wildman–Crippen MR) is 109 cm³/mol. The van der Waals surface area contributed by atoms with Crippen molar-refractivity contribution in [3.05, 3.63) is 48.0 Å². The molecule has 1 aliphatic heterocycles. The fourth-order valence-electron chi connectivity index (χ4n) is 3.40. The normalized spacial score (nSPS) is 14.4. The van der Waals surface area contributed by atoms with Gasteiger partial charge in [-0.15, -0.1) is 0 Å². The van der Waals surface area contributed by atoms with E-state index in [2.05, 4.69) is 15.1 Å². The summed E-state index contributed by atoms with van der Waals surface area (Å²) >= 11 is 0. The quantitative estimate of drug-likeness (QED) is 0.573. The van der Waals surface area contributed by atoms with Crippen LogP contribution in [0.25, 0.3) is 11.3 Å². The molecule has 1 aliphatic rings. The molecule has 0 spiro atoms. The number of fused-ring (bicyclic) bond motifs is 1. The first kappa shape index (κ1) is 21.6. The summed E-state index contributed by atoms with van der Waals surface area (Å²) in [5, 5.41) is 3.98. The van der Waals surface area contributed by atoms with Crippen molar-refractivity contribution in [1.82, 2.24) is 19.7 Å². The molecule has 0 aliphatic carbocycles. The maximum absolute atomic E-state index is 12.8. The highest BCUT2D eigenvalue weighted by Gasteiger charge is 2.36. The summed E-state index contributed by atoms with van der Waals surface area (Å²) in [6.07, 6.45) is 0.0961. The van der Waals surface area contributed by atoms with Crippen LogP contribution in [-0.2, 0) is 13.1 Å². The van der Waals surface area contributed by atoms with Gasteiger partial charge < -0.3 is 9.47 Å². The van der Waals surface area contributed by atoms with Crippen molar-refractivity contribution in [2.75, 3.05) is 19.1 Å². The van der Waals surface area contributed by atoms with Crippen molar-refractivity contribution < 1.29 is 27.4 Å². The van der Waals surface area contributed by atoms with Crippen molar-refractivity contribution in [3.63, 3.8) is 0 Å². The molecule has 11 heteroatoms. The van der Waals surface area contributed by atoms with Gasteiger partial charge in [-0.2, -0.15) is 18.3 Å². The molecule has 168 valence electrons. The van der Waals surface area contributed by atoms with E-state index in [1.807, 2.05) is 0 Å². The molecule has 0 aromatic carbocycles. The molecule has 0 radical (unpaired) electrons. The second-order valence-electron chi connectivity index (χ2n) is 7.38. The Morgan fingerprint density at radius 2 is 1.97 bits per heavy atom. The molecule has 0 bridgehead atoms. The van der Waals surface area contributed by atoms with Crippen LogP contribution in [-0.4, -0.2) is 46.1 Å². The third-order valence-corrected chi connectivity index (χ3v) is 5.24. The zero-order valence-electron chi connectivity index (χ0n) is 17.6. The van der Waals surface area contributed by atoms with Crippen LogP contribution in [0.15, 0.2) is 36.8 Å². The number of amides is 1. The fraction of sp³-hybridized carbons (Fsp3) is 0.333. The monoisotopic (exact) mass is 447 g/mol. The van der Waals surface area contributed by atoms with E-state index in [0.717, 1.165) is 6.92 Å². The summed E-state index contributed by atoms with van der Waals surface area (Å²) in [5.41, 5.74) is 2.68. The summed E-state index contributed by atoms with van der Waals surface area (Å²) in [7, 11) is 3.00. The number of halogens is 3. The summed E-state index contributed by atoms with van der Waals surface area (Å²) in [4.78, 5) is 23.1. The number of aromatic nitrogens is 4. The first-order valence-electron chi connectivity index (χ1n) is 9.70. The molecule has 0 saturated heterocycles. The number of hydrogen-bond donors (Lipinski definition) is 0. The third-order valence-electron chi connectivity index (χ3n) is 5.24. The van der Waals surface area contributed by atoms with E-state index in [-0.39, 0.29) is 19.0 Å². The Morgan fingerprint density at radius 3 is 2.66 bits per heavy atom. The van der Waals surface area contributed by atoms with E-state index in [1.165, 1.54) is 36.2 Å². The van der Waals surface area contributed by atoms with Gasteiger partial charge in [-0.1, -0.05) is 6.92 Å². The van der Waals surface area contributed by atoms with Gasteiger partial charge in [0.1, 0.15) is 0 Å². The molecule has 0 saturated carbocycles. The SMILES string of the molecule is COc1cc(-c2ccc3c(n2)CN(c2cnn(CC(C)C(F)(F)F)c2)C3=O)cnc1OC. The second kappa shape index (κ2) is 8.13. The van der Waals surface area contributed by atoms with Crippen LogP contribution < -0.4 is 14.4 Å². The van der Waals surface area contributed by atoms with Crippen LogP contribution in [0.3, 0.4) is 0 Å². The summed E-state index contributed by atoms with van der Waals surface area (Å²) in [6.45, 7) is 0.948. The van der Waals surface area contributed by atoms with E-state index in [9.17, 15) is 18.0 Å². The molecule has 8 nitrogen and oxygen atoms in total. The van der Waals surface area contributed by atoms with Gasteiger partial charge in [0, 0.05) is 18.0 Å². The number of methoxy groups -OCH3 is 2. The van der Waals surface area contributed by atoms with Gasteiger partial charge in [0.2, 0.25) is 0 Å². The molecule has 32 heavy (non-hydrogen) atoms. The number of pyridine rings is 2. The van der Waals surface area contributed by atoms with Crippen molar-refractivity contribution in [1.29, 1.82) is 0 Å². The van der Waals surface area contributed by atoms with E-state index in [0.29, 0.717) is 39.8 Å². The fourth-order valence-corrected chi connectivity index (χ4v) is 3.40. The molecule has 3 aromatic heterocycles. The van der Waals surface area contributed by atoms with Gasteiger partial charge in [0.25, 0.3) is 11.8 Å². The highest BCUT2D eigenvalue weighted by molar-refractivity contribution is 6.09. The van der Waals surface area contributed by atoms with Gasteiger partial charge in [-0.05, 0) is 18.2 Å². The highest BCUT2D eigenvalue weighted by atomic mass is 19.4. The first-order valence-corrected chi connectivity index (χ1v) is 9.70. The Hall–Kier alpha value is -3.63. The zero-order valence-corrected chi connectivity index (χ0v) is 17.6. The molecule has 4 rings (SSSR count). The topological polar surface area (TPSA) is 82.4 Å². The Kier molecular flexibility index (Phi) is 5.49. The van der Waals surface area contributed by atoms with Gasteiger partial charge >= 0.3 is 6.18 Å². The minimum atomic E-state index is -4.31. The maximum atomic E-state index is 12.8. The zero-order chi connectivity index (χ0) is 23.0. The van der Waals surface area contributed by atoms with Gasteiger partial charge in [-0.3, -0.25) is 19.4 Å². The van der Waals surface area contributed by atoms with Gasteiger partial charge in [0.15, 0.2) is 5.75 Å². The summed E-state index contributed by atoms with van der Waals surface area (Å²) in [6, 6.07) is 5.12. The van der Waals surface area contributed by atoms with E-state index >= 15 is 0 Å². The molecule has 0 N–H and O–H groups in total. The summed E-state index contributed by atoms with van der Waals surface area (Å²) in [5.74, 6) is -1.05. The van der Waals surface area contributed by atoms with Crippen LogP contribution >= 0.6 is 0 Å². The molecule has 1 unspecified atom stereocenters. The highest BCUT2D eigenvalue weighted by Crippen LogP contribution is 2.33. The summed E-state index contributed by atoms with van der Waals surface area (Å²) < 4.78 is 50.1. The standard InChI is InChI=1S/C21H20F3N5O3/c1-12(21(22,23)24)9-28-10-14(8-26-28)29-11-17-15(20(29)30)4-5-16(27-17)13-6-18(31-2)19(32-3)25-7-13/h4-8,10,12H,9,11H2,1-3H3. The van der Waals surface area contributed by atoms with E-state index < -0.39 is 12.1 Å². The number of carbonyl (C=O) groups is 1. The van der Waals surface area contributed by atoms with Gasteiger partial charge in [0.05, 0.1) is 62.1 Å². The molecular weight excluding hydrogens is 427 g/mol. The Labute approximate surface area is 181 Å². The average Bonchev–Trinajstić information content (AvgIpc) is 3.36. The molecule has 4 heterocycles. The van der Waals surface area contributed by atoms with Crippen molar-refractivity contribution in [3.8, 4) is 22.9 Å². The number of anilines is 1. The molecule has 3 aromatic rings. The van der Waals surface area contributed by atoms with Crippen molar-refractivity contribution in [2.24, 2.45) is 5.92 Å². The minimum absolute atomic E-state index is 0.184. The Morgan fingerprint density at radius 1 is 1.19 bits per heavy atom. The number of hydrogen-bond acceptors (Lipinski definition) is 6. The lowest BCUT2D eigenvalue weighted by Crippen LogP contribution is -2.25. The first-order chi connectivity index (χ1) is 15.2. The molecule has 1 atom stereocenters. The van der Waals surface area contributed by atoms with Crippen molar-refractivity contribution >= 4 is 11.6 Å². The van der Waals surface area contributed by atoms with Crippen LogP contribution in [0.4, 0.5) is 18.9 Å². The van der Waals surface area contributed by atoms with Gasteiger partial charge in [-0.25, -0.2) is 4.98 Å². The second-order valence-corrected chi connectivity index (χ2v) is 7.38. The smallest absolute Gasteiger partial charge is 0.393 e. The number of nitrogens with zero attached hydrogens (tertiary/aromatic N) is 5. The lowest BCUT2D eigenvalue weighted by atomic mass is 10.1. The minimum Gasteiger partial charge on any atom is -0.491 e. The third kappa shape index (κ3) is 3.97. The largest absolute Gasteiger partial charge is 0.491 e. The van der Waals surface area contributed by atoms with Crippen LogP contribution in [0, 0.1) is 5.92 Å². The molecule has 1 amide bonds. The Bertz CT molecular complexity index is 1160.